The summed E-state index contributed by atoms with van der Waals surface area (Å²) in [6, 6.07) is 1.13. The van der Waals surface area contributed by atoms with Crippen molar-refractivity contribution in [3.63, 3.8) is 0 Å². The molecule has 2 aliphatic carbocycles. The molecular weight excluding hydrogens is 276 g/mol. The second kappa shape index (κ2) is 7.78. The smallest absolute Gasteiger partial charge is 0.310 e. The predicted molar refractivity (Wildman–Crippen MR) is 87.7 cm³/mol. The summed E-state index contributed by atoms with van der Waals surface area (Å²) in [6.45, 7) is 3.18. The lowest BCUT2D eigenvalue weighted by molar-refractivity contribution is -0.148. The molecule has 1 aliphatic heterocycles. The number of nitrogens with zero attached hydrogens (tertiary/aromatic N) is 1. The molecule has 1 heterocycles. The number of piperidine rings is 1. The van der Waals surface area contributed by atoms with Gasteiger partial charge in [-0.2, -0.15) is 0 Å². The van der Waals surface area contributed by atoms with Crippen LogP contribution in [0.1, 0.15) is 57.8 Å². The van der Waals surface area contributed by atoms with E-state index in [2.05, 4.69) is 10.2 Å². The SMILES string of the molecule is COC(=O)C1CC(NC2CCCCC2)CN(CC2CCC2)C1. The highest BCUT2D eigenvalue weighted by Crippen LogP contribution is 2.29. The summed E-state index contributed by atoms with van der Waals surface area (Å²) in [5, 5.41) is 3.86. The minimum Gasteiger partial charge on any atom is -0.469 e. The minimum atomic E-state index is -0.0197. The van der Waals surface area contributed by atoms with Crippen LogP contribution >= 0.6 is 0 Å². The summed E-state index contributed by atoms with van der Waals surface area (Å²) in [4.78, 5) is 14.6. The third kappa shape index (κ3) is 4.23. The van der Waals surface area contributed by atoms with Crippen molar-refractivity contribution < 1.29 is 9.53 Å². The highest BCUT2D eigenvalue weighted by atomic mass is 16.5. The molecule has 4 nitrogen and oxygen atoms in total. The van der Waals surface area contributed by atoms with Gasteiger partial charge in [-0.1, -0.05) is 25.7 Å². The van der Waals surface area contributed by atoms with Crippen molar-refractivity contribution in [3.05, 3.63) is 0 Å². The lowest BCUT2D eigenvalue weighted by Crippen LogP contribution is -2.54. The molecule has 1 saturated heterocycles. The van der Waals surface area contributed by atoms with Gasteiger partial charge in [-0.3, -0.25) is 4.79 Å². The summed E-state index contributed by atoms with van der Waals surface area (Å²) < 4.78 is 5.03. The van der Waals surface area contributed by atoms with Crippen molar-refractivity contribution >= 4 is 5.97 Å². The van der Waals surface area contributed by atoms with Crippen LogP contribution in [-0.2, 0) is 9.53 Å². The van der Waals surface area contributed by atoms with Crippen molar-refractivity contribution in [1.82, 2.24) is 10.2 Å². The van der Waals surface area contributed by atoms with Crippen LogP contribution in [0.15, 0.2) is 0 Å². The number of nitrogens with one attached hydrogen (secondary N) is 1. The number of likely N-dealkylation sites (tertiary alicyclic amines) is 1. The highest BCUT2D eigenvalue weighted by Gasteiger charge is 2.34. The third-order valence-corrected chi connectivity index (χ3v) is 5.88. The average molecular weight is 308 g/mol. The molecule has 3 rings (SSSR count). The van der Waals surface area contributed by atoms with Crippen LogP contribution < -0.4 is 5.32 Å². The topological polar surface area (TPSA) is 41.6 Å². The van der Waals surface area contributed by atoms with Gasteiger partial charge >= 0.3 is 5.97 Å². The van der Waals surface area contributed by atoms with Gasteiger partial charge in [0.2, 0.25) is 0 Å². The predicted octanol–water partition coefficient (Wildman–Crippen LogP) is 2.57. The van der Waals surface area contributed by atoms with E-state index in [-0.39, 0.29) is 11.9 Å². The van der Waals surface area contributed by atoms with E-state index in [0.717, 1.165) is 25.4 Å². The lowest BCUT2D eigenvalue weighted by Gasteiger charge is -2.41. The maximum atomic E-state index is 12.0. The number of esters is 1. The van der Waals surface area contributed by atoms with Gasteiger partial charge < -0.3 is 15.0 Å². The van der Waals surface area contributed by atoms with Crippen molar-refractivity contribution in [3.8, 4) is 0 Å². The van der Waals surface area contributed by atoms with E-state index >= 15 is 0 Å². The van der Waals surface area contributed by atoms with Crippen LogP contribution in [-0.4, -0.2) is 49.7 Å². The van der Waals surface area contributed by atoms with Crippen LogP contribution in [0.4, 0.5) is 0 Å². The summed E-state index contributed by atoms with van der Waals surface area (Å²) in [5.41, 5.74) is 0. The quantitative estimate of drug-likeness (QED) is 0.793. The van der Waals surface area contributed by atoms with Crippen molar-refractivity contribution in [2.45, 2.75) is 69.9 Å². The number of carbonyl (C=O) groups is 1. The van der Waals surface area contributed by atoms with E-state index in [4.69, 9.17) is 4.74 Å². The van der Waals surface area contributed by atoms with Gasteiger partial charge in [0.1, 0.15) is 0 Å². The number of rotatable bonds is 5. The Labute approximate surface area is 135 Å². The molecule has 2 atom stereocenters. The second-order valence-electron chi connectivity index (χ2n) is 7.67. The first kappa shape index (κ1) is 16.3. The Hall–Kier alpha value is -0.610. The van der Waals surface area contributed by atoms with E-state index in [1.54, 1.807) is 0 Å². The molecule has 0 spiro atoms. The molecule has 4 heteroatoms. The number of hydrogen-bond acceptors (Lipinski definition) is 4. The summed E-state index contributed by atoms with van der Waals surface area (Å²) >= 11 is 0. The Bertz CT molecular complexity index is 364. The third-order valence-electron chi connectivity index (χ3n) is 5.88. The zero-order valence-corrected chi connectivity index (χ0v) is 14.1. The summed E-state index contributed by atoms with van der Waals surface area (Å²) in [7, 11) is 1.52. The largest absolute Gasteiger partial charge is 0.469 e. The Morgan fingerprint density at radius 2 is 1.82 bits per heavy atom. The number of hydrogen-bond donors (Lipinski definition) is 1. The highest BCUT2D eigenvalue weighted by molar-refractivity contribution is 5.72. The molecule has 0 aromatic rings. The zero-order chi connectivity index (χ0) is 15.4. The molecule has 2 saturated carbocycles. The first-order valence-corrected chi connectivity index (χ1v) is 9.31. The number of methoxy groups -OCH3 is 1. The maximum absolute atomic E-state index is 12.0. The van der Waals surface area contributed by atoms with Crippen LogP contribution in [0.25, 0.3) is 0 Å². The molecule has 0 bridgehead atoms. The zero-order valence-electron chi connectivity index (χ0n) is 14.1. The van der Waals surface area contributed by atoms with Gasteiger partial charge in [0, 0.05) is 31.7 Å². The fourth-order valence-electron chi connectivity index (χ4n) is 4.44. The number of carbonyl (C=O) groups excluding carboxylic acids is 1. The molecule has 0 aromatic carbocycles. The fraction of sp³-hybridized carbons (Fsp3) is 0.944. The number of ether oxygens (including phenoxy) is 1. The van der Waals surface area contributed by atoms with Crippen LogP contribution in [0.5, 0.6) is 0 Å². The minimum absolute atomic E-state index is 0.0197. The molecule has 0 aromatic heterocycles. The molecule has 1 N–H and O–H groups in total. The van der Waals surface area contributed by atoms with Gasteiger partial charge in [0.05, 0.1) is 13.0 Å². The molecule has 0 radical (unpaired) electrons. The normalized spacial score (nSPS) is 31.7. The first-order valence-electron chi connectivity index (χ1n) is 9.31. The first-order chi connectivity index (χ1) is 10.7. The van der Waals surface area contributed by atoms with Gasteiger partial charge in [-0.25, -0.2) is 0 Å². The van der Waals surface area contributed by atoms with E-state index in [0.29, 0.717) is 12.1 Å². The average Bonchev–Trinajstić information content (AvgIpc) is 2.51. The van der Waals surface area contributed by atoms with E-state index in [9.17, 15) is 4.79 Å². The van der Waals surface area contributed by atoms with E-state index < -0.39 is 0 Å². The molecule has 126 valence electrons. The van der Waals surface area contributed by atoms with Crippen LogP contribution in [0.2, 0.25) is 0 Å². The van der Waals surface area contributed by atoms with Gasteiger partial charge in [0.15, 0.2) is 0 Å². The lowest BCUT2D eigenvalue weighted by atomic mass is 9.83. The van der Waals surface area contributed by atoms with Crippen LogP contribution in [0, 0.1) is 11.8 Å². The standard InChI is InChI=1S/C18H32N2O2/c1-22-18(21)15-10-17(19-16-8-3-2-4-9-16)13-20(12-15)11-14-6-5-7-14/h14-17,19H,2-13H2,1H3. The van der Waals surface area contributed by atoms with E-state index in [1.165, 1.54) is 65.0 Å². The molecular formula is C18H32N2O2. The Balaban J connectivity index is 1.56. The Morgan fingerprint density at radius 1 is 1.05 bits per heavy atom. The van der Waals surface area contributed by atoms with Crippen molar-refractivity contribution in [2.75, 3.05) is 26.7 Å². The summed E-state index contributed by atoms with van der Waals surface area (Å²) in [5.74, 6) is 0.903. The fourth-order valence-corrected chi connectivity index (χ4v) is 4.44. The second-order valence-corrected chi connectivity index (χ2v) is 7.67. The monoisotopic (exact) mass is 308 g/mol. The molecule has 0 amide bonds. The molecule has 3 aliphatic rings. The summed E-state index contributed by atoms with van der Waals surface area (Å²) in [6.07, 6.45) is 11.8. The van der Waals surface area contributed by atoms with Crippen molar-refractivity contribution in [2.24, 2.45) is 11.8 Å². The van der Waals surface area contributed by atoms with E-state index in [1.807, 2.05) is 0 Å². The van der Waals surface area contributed by atoms with Crippen LogP contribution in [0.3, 0.4) is 0 Å². The van der Waals surface area contributed by atoms with Gasteiger partial charge in [0.25, 0.3) is 0 Å². The van der Waals surface area contributed by atoms with Crippen molar-refractivity contribution in [1.29, 1.82) is 0 Å². The molecule has 2 unspecified atom stereocenters. The Kier molecular flexibility index (Phi) is 5.75. The Morgan fingerprint density at radius 3 is 2.45 bits per heavy atom. The van der Waals surface area contributed by atoms with Gasteiger partial charge in [-0.15, -0.1) is 0 Å². The van der Waals surface area contributed by atoms with Gasteiger partial charge in [-0.05, 0) is 38.0 Å². The maximum Gasteiger partial charge on any atom is 0.310 e. The molecule has 22 heavy (non-hydrogen) atoms. The molecule has 3 fully saturated rings.